The van der Waals surface area contributed by atoms with Crippen LogP contribution in [-0.4, -0.2) is 38.3 Å². The SMILES string of the molecule is CCOCCOc1cccc(NC(=O)CNC2CCCCC2)c1. The lowest BCUT2D eigenvalue weighted by molar-refractivity contribution is -0.115. The molecule has 0 aliphatic heterocycles. The number of rotatable bonds is 9. The van der Waals surface area contributed by atoms with Gasteiger partial charge in [-0.25, -0.2) is 0 Å². The first-order valence-electron chi connectivity index (χ1n) is 8.62. The van der Waals surface area contributed by atoms with Crippen LogP contribution in [0.4, 0.5) is 5.69 Å². The van der Waals surface area contributed by atoms with Crippen molar-refractivity contribution in [3.8, 4) is 5.75 Å². The number of hydrogen-bond donors (Lipinski definition) is 2. The molecule has 5 heteroatoms. The highest BCUT2D eigenvalue weighted by molar-refractivity contribution is 5.92. The number of carbonyl (C=O) groups is 1. The van der Waals surface area contributed by atoms with E-state index in [4.69, 9.17) is 9.47 Å². The summed E-state index contributed by atoms with van der Waals surface area (Å²) in [5.41, 5.74) is 0.759. The van der Waals surface area contributed by atoms with E-state index in [1.54, 1.807) is 0 Å². The minimum Gasteiger partial charge on any atom is -0.491 e. The number of benzene rings is 1. The maximum Gasteiger partial charge on any atom is 0.238 e. The van der Waals surface area contributed by atoms with Gasteiger partial charge in [-0.1, -0.05) is 25.3 Å². The fourth-order valence-electron chi connectivity index (χ4n) is 2.78. The van der Waals surface area contributed by atoms with E-state index in [0.717, 1.165) is 11.4 Å². The van der Waals surface area contributed by atoms with Gasteiger partial charge in [0.05, 0.1) is 13.2 Å². The van der Waals surface area contributed by atoms with Crippen molar-refractivity contribution >= 4 is 11.6 Å². The zero-order chi connectivity index (χ0) is 16.3. The third-order valence-corrected chi connectivity index (χ3v) is 3.97. The highest BCUT2D eigenvalue weighted by Crippen LogP contribution is 2.18. The van der Waals surface area contributed by atoms with Crippen molar-refractivity contribution in [2.45, 2.75) is 45.1 Å². The van der Waals surface area contributed by atoms with Crippen LogP contribution in [0.25, 0.3) is 0 Å². The first-order chi connectivity index (χ1) is 11.3. The average molecular weight is 320 g/mol. The van der Waals surface area contributed by atoms with E-state index in [1.807, 2.05) is 31.2 Å². The van der Waals surface area contributed by atoms with E-state index < -0.39 is 0 Å². The molecule has 1 saturated carbocycles. The molecule has 0 spiro atoms. The van der Waals surface area contributed by atoms with E-state index in [-0.39, 0.29) is 5.91 Å². The van der Waals surface area contributed by atoms with Gasteiger partial charge in [-0.3, -0.25) is 4.79 Å². The zero-order valence-corrected chi connectivity index (χ0v) is 14.0. The molecule has 23 heavy (non-hydrogen) atoms. The van der Waals surface area contributed by atoms with Gasteiger partial charge >= 0.3 is 0 Å². The Hall–Kier alpha value is -1.59. The molecule has 1 aromatic rings. The van der Waals surface area contributed by atoms with Crippen LogP contribution in [0.15, 0.2) is 24.3 Å². The Morgan fingerprint density at radius 3 is 2.83 bits per heavy atom. The van der Waals surface area contributed by atoms with Crippen LogP contribution >= 0.6 is 0 Å². The Morgan fingerprint density at radius 2 is 2.04 bits per heavy atom. The maximum atomic E-state index is 12.0. The highest BCUT2D eigenvalue weighted by atomic mass is 16.5. The van der Waals surface area contributed by atoms with Gasteiger partial charge in [-0.15, -0.1) is 0 Å². The van der Waals surface area contributed by atoms with Crippen LogP contribution in [0, 0.1) is 0 Å². The van der Waals surface area contributed by atoms with E-state index in [0.29, 0.717) is 32.4 Å². The summed E-state index contributed by atoms with van der Waals surface area (Å²) in [5, 5.41) is 6.26. The highest BCUT2D eigenvalue weighted by Gasteiger charge is 2.13. The predicted octanol–water partition coefficient (Wildman–Crippen LogP) is 2.96. The lowest BCUT2D eigenvalue weighted by Crippen LogP contribution is -2.37. The van der Waals surface area contributed by atoms with Gasteiger partial charge in [-0.05, 0) is 31.9 Å². The Bertz CT molecular complexity index is 473. The molecular formula is C18H28N2O3. The predicted molar refractivity (Wildman–Crippen MR) is 91.9 cm³/mol. The quantitative estimate of drug-likeness (QED) is 0.687. The minimum atomic E-state index is -0.0120. The van der Waals surface area contributed by atoms with Crippen LogP contribution in [0.3, 0.4) is 0 Å². The van der Waals surface area contributed by atoms with Gasteiger partial charge in [-0.2, -0.15) is 0 Å². The minimum absolute atomic E-state index is 0.0120. The molecule has 5 nitrogen and oxygen atoms in total. The second kappa shape index (κ2) is 10.2. The second-order valence-electron chi connectivity index (χ2n) is 5.84. The van der Waals surface area contributed by atoms with Gasteiger partial charge in [0, 0.05) is 24.4 Å². The molecule has 1 aliphatic carbocycles. The standard InChI is InChI=1S/C18H28N2O3/c1-2-22-11-12-23-17-10-6-9-16(13-17)20-18(21)14-19-15-7-4-3-5-8-15/h6,9-10,13,15,19H,2-5,7-8,11-12,14H2,1H3,(H,20,21). The first-order valence-corrected chi connectivity index (χ1v) is 8.62. The van der Waals surface area contributed by atoms with Crippen LogP contribution in [-0.2, 0) is 9.53 Å². The fourth-order valence-corrected chi connectivity index (χ4v) is 2.78. The molecule has 1 aliphatic rings. The van der Waals surface area contributed by atoms with Gasteiger partial charge < -0.3 is 20.1 Å². The van der Waals surface area contributed by atoms with Crippen LogP contribution in [0.1, 0.15) is 39.0 Å². The maximum absolute atomic E-state index is 12.0. The molecule has 0 aromatic heterocycles. The molecule has 0 heterocycles. The topological polar surface area (TPSA) is 59.6 Å². The summed E-state index contributed by atoms with van der Waals surface area (Å²) in [7, 11) is 0. The van der Waals surface area contributed by atoms with Crippen molar-refractivity contribution in [1.82, 2.24) is 5.32 Å². The summed E-state index contributed by atoms with van der Waals surface area (Å²) in [6.45, 7) is 4.08. The molecule has 0 saturated heterocycles. The number of carbonyl (C=O) groups excluding carboxylic acids is 1. The van der Waals surface area contributed by atoms with Crippen LogP contribution < -0.4 is 15.4 Å². The van der Waals surface area contributed by atoms with E-state index in [1.165, 1.54) is 32.1 Å². The molecular weight excluding hydrogens is 292 g/mol. The number of amides is 1. The van der Waals surface area contributed by atoms with Crippen molar-refractivity contribution < 1.29 is 14.3 Å². The first kappa shape index (κ1) is 17.8. The zero-order valence-electron chi connectivity index (χ0n) is 14.0. The average Bonchev–Trinajstić information content (AvgIpc) is 2.58. The molecule has 0 bridgehead atoms. The van der Waals surface area contributed by atoms with Gasteiger partial charge in [0.25, 0.3) is 0 Å². The lowest BCUT2D eigenvalue weighted by Gasteiger charge is -2.22. The van der Waals surface area contributed by atoms with Gasteiger partial charge in [0.1, 0.15) is 12.4 Å². The van der Waals surface area contributed by atoms with Gasteiger partial charge in [0.2, 0.25) is 5.91 Å². The van der Waals surface area contributed by atoms with Gasteiger partial charge in [0.15, 0.2) is 0 Å². The number of nitrogens with one attached hydrogen (secondary N) is 2. The normalized spacial score (nSPS) is 15.3. The van der Waals surface area contributed by atoms with Crippen molar-refractivity contribution in [2.75, 3.05) is 31.7 Å². The van der Waals surface area contributed by atoms with Crippen molar-refractivity contribution in [3.05, 3.63) is 24.3 Å². The summed E-state index contributed by atoms with van der Waals surface area (Å²) in [6, 6.07) is 7.95. The van der Waals surface area contributed by atoms with Crippen LogP contribution in [0.5, 0.6) is 5.75 Å². The summed E-state index contributed by atoms with van der Waals surface area (Å²) >= 11 is 0. The third-order valence-electron chi connectivity index (χ3n) is 3.97. The smallest absolute Gasteiger partial charge is 0.238 e. The van der Waals surface area contributed by atoms with Crippen LogP contribution in [0.2, 0.25) is 0 Å². The Labute approximate surface area is 138 Å². The summed E-state index contributed by atoms with van der Waals surface area (Å²) in [6.07, 6.45) is 6.20. The van der Waals surface area contributed by atoms with E-state index >= 15 is 0 Å². The van der Waals surface area contributed by atoms with E-state index in [9.17, 15) is 4.79 Å². The molecule has 1 aromatic carbocycles. The third kappa shape index (κ3) is 7.01. The number of hydrogen-bond acceptors (Lipinski definition) is 4. The Kier molecular flexibility index (Phi) is 7.90. The molecule has 2 N–H and O–H groups in total. The Morgan fingerprint density at radius 1 is 1.22 bits per heavy atom. The molecule has 1 fully saturated rings. The van der Waals surface area contributed by atoms with Crippen molar-refractivity contribution in [1.29, 1.82) is 0 Å². The van der Waals surface area contributed by atoms with Crippen molar-refractivity contribution in [2.24, 2.45) is 0 Å². The fraction of sp³-hybridized carbons (Fsp3) is 0.611. The monoisotopic (exact) mass is 320 g/mol. The summed E-state index contributed by atoms with van der Waals surface area (Å²) in [4.78, 5) is 12.0. The Balaban J connectivity index is 1.71. The molecule has 2 rings (SSSR count). The number of anilines is 1. The summed E-state index contributed by atoms with van der Waals surface area (Å²) < 4.78 is 10.8. The molecule has 0 atom stereocenters. The molecule has 1 amide bonds. The largest absolute Gasteiger partial charge is 0.491 e. The van der Waals surface area contributed by atoms with E-state index in [2.05, 4.69) is 10.6 Å². The summed E-state index contributed by atoms with van der Waals surface area (Å²) in [5.74, 6) is 0.727. The lowest BCUT2D eigenvalue weighted by atomic mass is 9.95. The number of ether oxygens (including phenoxy) is 2. The molecule has 0 radical (unpaired) electrons. The van der Waals surface area contributed by atoms with Crippen molar-refractivity contribution in [3.63, 3.8) is 0 Å². The second-order valence-corrected chi connectivity index (χ2v) is 5.84. The molecule has 128 valence electrons. The molecule has 0 unspecified atom stereocenters.